The van der Waals surface area contributed by atoms with E-state index in [1.807, 2.05) is 37.9 Å². The first-order valence-electron chi connectivity index (χ1n) is 5.38. The van der Waals surface area contributed by atoms with Crippen molar-refractivity contribution in [1.82, 2.24) is 4.98 Å². The maximum Gasteiger partial charge on any atom is 0.173 e. The van der Waals surface area contributed by atoms with Crippen LogP contribution in [-0.2, 0) is 0 Å². The van der Waals surface area contributed by atoms with Gasteiger partial charge in [0.25, 0.3) is 0 Å². The predicted octanol–water partition coefficient (Wildman–Crippen LogP) is 2.85. The van der Waals surface area contributed by atoms with Crippen molar-refractivity contribution in [3.63, 3.8) is 0 Å². The smallest absolute Gasteiger partial charge is 0.173 e. The summed E-state index contributed by atoms with van der Waals surface area (Å²) in [5, 5.41) is 0. The van der Waals surface area contributed by atoms with Gasteiger partial charge < -0.3 is 0 Å². The molecule has 1 nitrogen and oxygen atoms in total. The molecule has 0 saturated heterocycles. The number of halogens is 1. The van der Waals surface area contributed by atoms with Crippen LogP contribution in [0.2, 0.25) is 13.6 Å². The first kappa shape index (κ1) is 10.9. The van der Waals surface area contributed by atoms with Crippen LogP contribution in [0.5, 0.6) is 0 Å². The number of aromatic nitrogens is 1. The van der Waals surface area contributed by atoms with Crippen LogP contribution < -0.4 is 5.46 Å². The molecule has 1 aromatic carbocycles. The second-order valence-electron chi connectivity index (χ2n) is 4.13. The summed E-state index contributed by atoms with van der Waals surface area (Å²) in [6.07, 6.45) is 3.45. The predicted molar refractivity (Wildman–Crippen MR) is 66.7 cm³/mol. The van der Waals surface area contributed by atoms with E-state index in [1.165, 1.54) is 0 Å². The van der Waals surface area contributed by atoms with Gasteiger partial charge in [-0.25, -0.2) is 4.39 Å². The van der Waals surface area contributed by atoms with Gasteiger partial charge in [0, 0.05) is 18.0 Å². The topological polar surface area (TPSA) is 12.9 Å². The largest absolute Gasteiger partial charge is 0.264 e. The molecule has 0 aliphatic rings. The third-order valence-electron chi connectivity index (χ3n) is 2.62. The summed E-state index contributed by atoms with van der Waals surface area (Å²) in [6.45, 7) is 4.19. The van der Waals surface area contributed by atoms with Crippen LogP contribution in [0.25, 0.3) is 11.1 Å². The monoisotopic (exact) mass is 213 g/mol. The lowest BCUT2D eigenvalue weighted by molar-refractivity contribution is 0.636. The van der Waals surface area contributed by atoms with Crippen LogP contribution in [0.15, 0.2) is 42.7 Å². The minimum Gasteiger partial charge on any atom is -0.264 e. The molecule has 80 valence electrons. The fourth-order valence-electron chi connectivity index (χ4n) is 1.71. The first-order chi connectivity index (χ1) is 7.68. The van der Waals surface area contributed by atoms with Gasteiger partial charge in [0.15, 0.2) is 6.71 Å². The highest BCUT2D eigenvalue weighted by Crippen LogP contribution is 2.17. The van der Waals surface area contributed by atoms with Crippen LogP contribution in [0, 0.1) is 5.82 Å². The summed E-state index contributed by atoms with van der Waals surface area (Å²) >= 11 is 0. The molecule has 16 heavy (non-hydrogen) atoms. The summed E-state index contributed by atoms with van der Waals surface area (Å²) < 4.78 is 13.8. The maximum atomic E-state index is 13.8. The summed E-state index contributed by atoms with van der Waals surface area (Å²) in [5.74, 6) is -0.142. The van der Waals surface area contributed by atoms with E-state index in [9.17, 15) is 4.39 Å². The molecule has 0 atom stereocenters. The molecule has 1 heterocycles. The Morgan fingerprint density at radius 2 is 1.94 bits per heavy atom. The van der Waals surface area contributed by atoms with E-state index in [2.05, 4.69) is 4.98 Å². The molecule has 0 aliphatic carbocycles. The van der Waals surface area contributed by atoms with Crippen LogP contribution in [0.3, 0.4) is 0 Å². The average Bonchev–Trinajstić information content (AvgIpc) is 2.29. The Balaban J connectivity index is 2.43. The molecule has 0 unspecified atom stereocenters. The number of hydrogen-bond donors (Lipinski definition) is 0. The Bertz CT molecular complexity index is 483. The number of benzene rings is 1. The second kappa shape index (κ2) is 4.48. The zero-order valence-electron chi connectivity index (χ0n) is 9.44. The zero-order valence-corrected chi connectivity index (χ0v) is 9.44. The van der Waals surface area contributed by atoms with Gasteiger partial charge in [-0.1, -0.05) is 31.8 Å². The van der Waals surface area contributed by atoms with Crippen molar-refractivity contribution in [3.8, 4) is 11.1 Å². The van der Waals surface area contributed by atoms with Crippen molar-refractivity contribution >= 4 is 12.2 Å². The summed E-state index contributed by atoms with van der Waals surface area (Å²) in [7, 11) is 0. The van der Waals surface area contributed by atoms with Crippen molar-refractivity contribution in [2.45, 2.75) is 13.6 Å². The van der Waals surface area contributed by atoms with Crippen molar-refractivity contribution in [2.24, 2.45) is 0 Å². The Morgan fingerprint density at radius 3 is 2.50 bits per heavy atom. The van der Waals surface area contributed by atoms with E-state index >= 15 is 0 Å². The molecule has 0 aliphatic heterocycles. The van der Waals surface area contributed by atoms with Gasteiger partial charge in [-0.15, -0.1) is 0 Å². The molecule has 0 fully saturated rings. The normalized spacial score (nSPS) is 10.2. The highest BCUT2D eigenvalue weighted by molar-refractivity contribution is 6.70. The van der Waals surface area contributed by atoms with Crippen LogP contribution in [0.1, 0.15) is 0 Å². The van der Waals surface area contributed by atoms with E-state index in [0.717, 1.165) is 16.6 Å². The van der Waals surface area contributed by atoms with Crippen molar-refractivity contribution in [1.29, 1.82) is 0 Å². The van der Waals surface area contributed by atoms with Crippen LogP contribution >= 0.6 is 0 Å². The SMILES string of the molecule is CB(C)c1ccc(-c2cccnc2)cc1F. The Hall–Kier alpha value is -1.64. The van der Waals surface area contributed by atoms with Gasteiger partial charge in [-0.2, -0.15) is 0 Å². The van der Waals surface area contributed by atoms with Gasteiger partial charge in [0.05, 0.1) is 0 Å². The second-order valence-corrected chi connectivity index (χ2v) is 4.13. The van der Waals surface area contributed by atoms with Crippen molar-refractivity contribution in [3.05, 3.63) is 48.5 Å². The van der Waals surface area contributed by atoms with E-state index in [-0.39, 0.29) is 12.5 Å². The van der Waals surface area contributed by atoms with Gasteiger partial charge in [0.2, 0.25) is 0 Å². The van der Waals surface area contributed by atoms with Crippen LogP contribution in [0.4, 0.5) is 4.39 Å². The molecule has 0 radical (unpaired) electrons. The minimum atomic E-state index is -0.142. The third kappa shape index (κ3) is 2.13. The van der Waals surface area contributed by atoms with Gasteiger partial charge in [-0.3, -0.25) is 4.98 Å². The van der Waals surface area contributed by atoms with E-state index < -0.39 is 0 Å². The standard InChI is InChI=1S/C13H13BFN/c1-14(2)12-6-5-10(8-13(12)15)11-4-3-7-16-9-11/h3-9H,1-2H3. The van der Waals surface area contributed by atoms with Crippen molar-refractivity contribution in [2.75, 3.05) is 0 Å². The fourth-order valence-corrected chi connectivity index (χ4v) is 1.71. The average molecular weight is 213 g/mol. The maximum absolute atomic E-state index is 13.8. The lowest BCUT2D eigenvalue weighted by Gasteiger charge is -2.07. The van der Waals surface area contributed by atoms with Gasteiger partial charge in [-0.05, 0) is 23.2 Å². The highest BCUT2D eigenvalue weighted by atomic mass is 19.1. The van der Waals surface area contributed by atoms with Gasteiger partial charge >= 0.3 is 0 Å². The number of hydrogen-bond acceptors (Lipinski definition) is 1. The molecule has 0 bridgehead atoms. The number of pyridine rings is 1. The molecular formula is C13H13BFN. The van der Waals surface area contributed by atoms with Gasteiger partial charge in [0.1, 0.15) is 5.82 Å². The highest BCUT2D eigenvalue weighted by Gasteiger charge is 2.10. The zero-order chi connectivity index (χ0) is 11.5. The Labute approximate surface area is 95.4 Å². The minimum absolute atomic E-state index is 0.142. The quantitative estimate of drug-likeness (QED) is 0.699. The summed E-state index contributed by atoms with van der Waals surface area (Å²) in [6, 6.07) is 9.14. The molecular weight excluding hydrogens is 200 g/mol. The van der Waals surface area contributed by atoms with Crippen LogP contribution in [-0.4, -0.2) is 11.7 Å². The Kier molecular flexibility index (Phi) is 3.04. The van der Waals surface area contributed by atoms with E-state index in [1.54, 1.807) is 18.5 Å². The number of rotatable bonds is 2. The number of nitrogens with zero attached hydrogens (tertiary/aromatic N) is 1. The Morgan fingerprint density at radius 1 is 1.12 bits per heavy atom. The molecule has 0 N–H and O–H groups in total. The molecule has 2 aromatic rings. The first-order valence-corrected chi connectivity index (χ1v) is 5.38. The fraction of sp³-hybridized carbons (Fsp3) is 0.154. The molecule has 0 saturated carbocycles. The summed E-state index contributed by atoms with van der Waals surface area (Å²) in [4.78, 5) is 4.03. The van der Waals surface area contributed by atoms with E-state index in [4.69, 9.17) is 0 Å². The molecule has 1 aromatic heterocycles. The molecule has 3 heteroatoms. The van der Waals surface area contributed by atoms with Crippen molar-refractivity contribution < 1.29 is 4.39 Å². The lowest BCUT2D eigenvalue weighted by atomic mass is 9.49. The van der Waals surface area contributed by atoms with E-state index in [0.29, 0.717) is 0 Å². The molecule has 2 rings (SSSR count). The molecule has 0 spiro atoms. The summed E-state index contributed by atoms with van der Waals surface area (Å²) in [5.41, 5.74) is 2.57. The third-order valence-corrected chi connectivity index (χ3v) is 2.62. The molecule has 0 amide bonds. The lowest BCUT2D eigenvalue weighted by Crippen LogP contribution is -2.25.